The van der Waals surface area contributed by atoms with Crippen LogP contribution in [0.5, 0.6) is 0 Å². The number of halogens is 3. The maximum atomic E-state index is 14.0. The van der Waals surface area contributed by atoms with E-state index in [1.54, 1.807) is 10.7 Å². The Balaban J connectivity index is 2.20. The maximum Gasteiger partial charge on any atom is 0.149 e. The van der Waals surface area contributed by atoms with E-state index in [9.17, 15) is 4.39 Å². The smallest absolute Gasteiger partial charge is 0.149 e. The zero-order valence-electron chi connectivity index (χ0n) is 9.50. The topological polar surface area (TPSA) is 27.1 Å². The number of rotatable bonds is 1. The fourth-order valence-electron chi connectivity index (χ4n) is 2.34. The third-order valence-corrected chi connectivity index (χ3v) is 4.06. The zero-order valence-corrected chi connectivity index (χ0v) is 11.8. The molecule has 96 valence electrons. The van der Waals surface area contributed by atoms with Crippen LogP contribution in [0.1, 0.15) is 18.9 Å². The molecule has 1 aliphatic heterocycles. The second-order valence-electron chi connectivity index (χ2n) is 4.36. The number of hydrogen-bond acceptors (Lipinski definition) is 2. The fraction of sp³-hybridized carbons (Fsp3) is 0.417. The van der Waals surface area contributed by atoms with Crippen molar-refractivity contribution in [1.82, 2.24) is 9.78 Å². The summed E-state index contributed by atoms with van der Waals surface area (Å²) in [6, 6.07) is 2.99. The highest BCUT2D eigenvalue weighted by Crippen LogP contribution is 2.35. The van der Waals surface area contributed by atoms with Gasteiger partial charge >= 0.3 is 0 Å². The molecule has 1 aromatic heterocycles. The van der Waals surface area contributed by atoms with Crippen LogP contribution in [0.3, 0.4) is 0 Å². The van der Waals surface area contributed by atoms with Gasteiger partial charge in [-0.05, 0) is 40.9 Å². The summed E-state index contributed by atoms with van der Waals surface area (Å²) < 4.78 is 21.7. The Bertz CT molecular complexity index is 595. The summed E-state index contributed by atoms with van der Waals surface area (Å²) in [4.78, 5) is 0. The summed E-state index contributed by atoms with van der Waals surface area (Å²) in [6.07, 6.45) is 1.90. The maximum absolute atomic E-state index is 14.0. The van der Waals surface area contributed by atoms with Gasteiger partial charge in [0.2, 0.25) is 0 Å². The van der Waals surface area contributed by atoms with Crippen molar-refractivity contribution in [2.45, 2.75) is 18.9 Å². The van der Waals surface area contributed by atoms with Gasteiger partial charge in [0.15, 0.2) is 0 Å². The minimum Gasteiger partial charge on any atom is -0.379 e. The molecule has 1 fully saturated rings. The average Bonchev–Trinajstić information content (AvgIpc) is 2.74. The van der Waals surface area contributed by atoms with Crippen LogP contribution in [0.2, 0.25) is 5.02 Å². The predicted molar refractivity (Wildman–Crippen MR) is 71.5 cm³/mol. The molecule has 0 bridgehead atoms. The SMILES string of the molecule is Fc1ccc(Cl)c2c(Br)nn(C3CCCOC3)c12. The van der Waals surface area contributed by atoms with Gasteiger partial charge in [-0.2, -0.15) is 5.10 Å². The van der Waals surface area contributed by atoms with E-state index in [0.29, 0.717) is 27.1 Å². The van der Waals surface area contributed by atoms with Crippen LogP contribution in [0.4, 0.5) is 4.39 Å². The van der Waals surface area contributed by atoms with E-state index in [2.05, 4.69) is 21.0 Å². The standard InChI is InChI=1S/C12H11BrClFN2O/c13-12-10-8(14)3-4-9(15)11(10)17(16-12)7-2-1-5-18-6-7/h3-4,7H,1-2,5-6H2. The highest BCUT2D eigenvalue weighted by molar-refractivity contribution is 9.10. The second kappa shape index (κ2) is 4.79. The van der Waals surface area contributed by atoms with Crippen LogP contribution in [0, 0.1) is 5.82 Å². The Labute approximate surface area is 117 Å². The fourth-order valence-corrected chi connectivity index (χ4v) is 3.27. The van der Waals surface area contributed by atoms with Crippen molar-refractivity contribution in [2.75, 3.05) is 13.2 Å². The third kappa shape index (κ3) is 1.94. The Kier molecular flexibility index (Phi) is 3.30. The van der Waals surface area contributed by atoms with E-state index in [-0.39, 0.29) is 11.9 Å². The average molecular weight is 334 g/mol. The van der Waals surface area contributed by atoms with Crippen LogP contribution in [0.25, 0.3) is 10.9 Å². The summed E-state index contributed by atoms with van der Waals surface area (Å²) in [5, 5.41) is 5.49. The van der Waals surface area contributed by atoms with E-state index >= 15 is 0 Å². The molecule has 3 nitrogen and oxygen atoms in total. The van der Waals surface area contributed by atoms with Crippen molar-refractivity contribution < 1.29 is 9.13 Å². The van der Waals surface area contributed by atoms with E-state index < -0.39 is 0 Å². The molecule has 0 N–H and O–H groups in total. The van der Waals surface area contributed by atoms with Gasteiger partial charge in [0.1, 0.15) is 15.9 Å². The first kappa shape index (κ1) is 12.4. The van der Waals surface area contributed by atoms with Crippen LogP contribution in [-0.4, -0.2) is 23.0 Å². The van der Waals surface area contributed by atoms with Crippen molar-refractivity contribution in [1.29, 1.82) is 0 Å². The van der Waals surface area contributed by atoms with Gasteiger partial charge in [0, 0.05) is 6.61 Å². The van der Waals surface area contributed by atoms with Crippen molar-refractivity contribution in [2.24, 2.45) is 0 Å². The lowest BCUT2D eigenvalue weighted by molar-refractivity contribution is 0.0562. The largest absolute Gasteiger partial charge is 0.379 e. The zero-order chi connectivity index (χ0) is 12.7. The first-order chi connectivity index (χ1) is 8.68. The van der Waals surface area contributed by atoms with Gasteiger partial charge in [-0.25, -0.2) is 4.39 Å². The first-order valence-electron chi connectivity index (χ1n) is 5.78. The number of benzene rings is 1. The lowest BCUT2D eigenvalue weighted by Crippen LogP contribution is -2.22. The molecule has 3 rings (SSSR count). The summed E-state index contributed by atoms with van der Waals surface area (Å²) in [6.45, 7) is 1.33. The van der Waals surface area contributed by atoms with Gasteiger partial charge < -0.3 is 4.74 Å². The monoisotopic (exact) mass is 332 g/mol. The van der Waals surface area contributed by atoms with E-state index in [0.717, 1.165) is 19.4 Å². The van der Waals surface area contributed by atoms with Crippen molar-refractivity contribution in [3.8, 4) is 0 Å². The van der Waals surface area contributed by atoms with Crippen molar-refractivity contribution in [3.05, 3.63) is 27.6 Å². The lowest BCUT2D eigenvalue weighted by Gasteiger charge is -2.23. The number of fused-ring (bicyclic) bond motifs is 1. The molecule has 1 unspecified atom stereocenters. The number of hydrogen-bond donors (Lipinski definition) is 0. The summed E-state index contributed by atoms with van der Waals surface area (Å²) in [5.74, 6) is -0.307. The molecule has 1 atom stereocenters. The highest BCUT2D eigenvalue weighted by atomic mass is 79.9. The molecule has 2 aromatic rings. The number of aromatic nitrogens is 2. The van der Waals surface area contributed by atoms with Crippen LogP contribution < -0.4 is 0 Å². The molecule has 0 saturated carbocycles. The molecule has 1 aliphatic rings. The third-order valence-electron chi connectivity index (χ3n) is 3.19. The molecule has 0 spiro atoms. The summed E-state index contributed by atoms with van der Waals surface area (Å²) in [7, 11) is 0. The molecule has 0 amide bonds. The molecule has 6 heteroatoms. The van der Waals surface area contributed by atoms with E-state index in [4.69, 9.17) is 16.3 Å². The second-order valence-corrected chi connectivity index (χ2v) is 5.52. The van der Waals surface area contributed by atoms with Gasteiger partial charge in [-0.15, -0.1) is 0 Å². The molecule has 2 heterocycles. The number of ether oxygens (including phenoxy) is 1. The van der Waals surface area contributed by atoms with Crippen molar-refractivity contribution in [3.63, 3.8) is 0 Å². The predicted octanol–water partition coefficient (Wildman–Crippen LogP) is 3.94. The molecule has 1 saturated heterocycles. The molecule has 18 heavy (non-hydrogen) atoms. The Hall–Kier alpha value is -0.650. The van der Waals surface area contributed by atoms with Crippen LogP contribution in [-0.2, 0) is 4.74 Å². The molecular weight excluding hydrogens is 323 g/mol. The quantitative estimate of drug-likeness (QED) is 0.790. The van der Waals surface area contributed by atoms with Crippen LogP contribution in [0.15, 0.2) is 16.7 Å². The number of nitrogens with zero attached hydrogens (tertiary/aromatic N) is 2. The normalized spacial score (nSPS) is 20.5. The molecule has 0 radical (unpaired) electrons. The molecular formula is C12H11BrClFN2O. The van der Waals surface area contributed by atoms with Gasteiger partial charge in [0.25, 0.3) is 0 Å². The van der Waals surface area contributed by atoms with Crippen molar-refractivity contribution >= 4 is 38.4 Å². The molecule has 1 aromatic carbocycles. The van der Waals surface area contributed by atoms with E-state index in [1.807, 2.05) is 0 Å². The minimum atomic E-state index is -0.307. The van der Waals surface area contributed by atoms with E-state index in [1.165, 1.54) is 6.07 Å². The van der Waals surface area contributed by atoms with Crippen LogP contribution >= 0.6 is 27.5 Å². The van der Waals surface area contributed by atoms with Gasteiger partial charge in [-0.1, -0.05) is 11.6 Å². The first-order valence-corrected chi connectivity index (χ1v) is 6.95. The Morgan fingerprint density at radius 1 is 1.50 bits per heavy atom. The highest BCUT2D eigenvalue weighted by Gasteiger charge is 2.23. The Morgan fingerprint density at radius 3 is 3.06 bits per heavy atom. The van der Waals surface area contributed by atoms with Gasteiger partial charge in [-0.3, -0.25) is 4.68 Å². The summed E-state index contributed by atoms with van der Waals surface area (Å²) >= 11 is 9.45. The summed E-state index contributed by atoms with van der Waals surface area (Å²) in [5.41, 5.74) is 0.449. The van der Waals surface area contributed by atoms with Gasteiger partial charge in [0.05, 0.1) is 23.1 Å². The Morgan fingerprint density at radius 2 is 2.33 bits per heavy atom. The minimum absolute atomic E-state index is 0.0699. The molecule has 0 aliphatic carbocycles. The lowest BCUT2D eigenvalue weighted by atomic mass is 10.1.